The molecule has 2 heterocycles. The van der Waals surface area contributed by atoms with E-state index >= 15 is 0 Å². The zero-order valence-corrected chi connectivity index (χ0v) is 12.4. The summed E-state index contributed by atoms with van der Waals surface area (Å²) in [6.07, 6.45) is 7.87. The number of alkyl halides is 1. The predicted octanol–water partition coefficient (Wildman–Crippen LogP) is 1.97. The van der Waals surface area contributed by atoms with Crippen LogP contribution in [0, 0.1) is 0 Å². The van der Waals surface area contributed by atoms with Crippen LogP contribution in [0.4, 0.5) is 5.95 Å². The summed E-state index contributed by atoms with van der Waals surface area (Å²) in [5, 5.41) is 3.10. The normalized spacial score (nSPS) is 18.9. The molecule has 1 fully saturated rings. The highest BCUT2D eigenvalue weighted by molar-refractivity contribution is 6.17. The maximum absolute atomic E-state index is 11.8. The summed E-state index contributed by atoms with van der Waals surface area (Å²) in [7, 11) is 0. The molecule has 1 unspecified atom stereocenters. The Kier molecular flexibility index (Phi) is 6.05. The first-order chi connectivity index (χ1) is 9.79. The summed E-state index contributed by atoms with van der Waals surface area (Å²) in [5.74, 6) is 1.49. The quantitative estimate of drug-likeness (QED) is 0.644. The summed E-state index contributed by atoms with van der Waals surface area (Å²) in [6, 6.07) is 2.00. The number of rotatable bonds is 6. The summed E-state index contributed by atoms with van der Waals surface area (Å²) in [4.78, 5) is 22.5. The summed E-state index contributed by atoms with van der Waals surface area (Å²) >= 11 is 5.61. The Labute approximate surface area is 124 Å². The molecule has 0 aliphatic carbocycles. The van der Waals surface area contributed by atoms with Crippen LogP contribution in [-0.2, 0) is 4.79 Å². The van der Waals surface area contributed by atoms with E-state index in [-0.39, 0.29) is 11.9 Å². The van der Waals surface area contributed by atoms with Gasteiger partial charge in [-0.1, -0.05) is 0 Å². The van der Waals surface area contributed by atoms with Gasteiger partial charge in [-0.05, 0) is 31.7 Å². The highest BCUT2D eigenvalue weighted by Gasteiger charge is 2.22. The first kappa shape index (κ1) is 15.0. The maximum Gasteiger partial charge on any atom is 0.225 e. The number of halogens is 1. The number of nitrogens with zero attached hydrogens (tertiary/aromatic N) is 3. The fraction of sp³-hybridized carbons (Fsp3) is 0.643. The lowest BCUT2D eigenvalue weighted by Gasteiger charge is -2.33. The first-order valence-electron chi connectivity index (χ1n) is 7.17. The van der Waals surface area contributed by atoms with Gasteiger partial charge in [-0.15, -0.1) is 11.6 Å². The van der Waals surface area contributed by atoms with Gasteiger partial charge >= 0.3 is 0 Å². The summed E-state index contributed by atoms with van der Waals surface area (Å²) < 4.78 is 0. The SMILES string of the molecule is O=C(CCCCCl)NC1CCCN(c2ncccn2)C1. The Bertz CT molecular complexity index is 415. The number of piperidine rings is 1. The molecule has 0 bridgehead atoms. The van der Waals surface area contributed by atoms with Gasteiger partial charge in [0.15, 0.2) is 0 Å². The van der Waals surface area contributed by atoms with E-state index < -0.39 is 0 Å². The van der Waals surface area contributed by atoms with E-state index in [2.05, 4.69) is 20.2 Å². The van der Waals surface area contributed by atoms with Crippen LogP contribution in [0.25, 0.3) is 0 Å². The Hall–Kier alpha value is -1.36. The lowest BCUT2D eigenvalue weighted by atomic mass is 10.1. The third-order valence-corrected chi connectivity index (χ3v) is 3.68. The van der Waals surface area contributed by atoms with Gasteiger partial charge in [-0.2, -0.15) is 0 Å². The van der Waals surface area contributed by atoms with Crippen LogP contribution in [0.5, 0.6) is 0 Å². The number of carbonyl (C=O) groups excluding carboxylic acids is 1. The predicted molar refractivity (Wildman–Crippen MR) is 80.0 cm³/mol. The second-order valence-electron chi connectivity index (χ2n) is 5.05. The number of hydrogen-bond acceptors (Lipinski definition) is 4. The van der Waals surface area contributed by atoms with Crippen molar-refractivity contribution in [3.8, 4) is 0 Å². The van der Waals surface area contributed by atoms with E-state index in [4.69, 9.17) is 11.6 Å². The molecule has 20 heavy (non-hydrogen) atoms. The van der Waals surface area contributed by atoms with Crippen LogP contribution in [0.1, 0.15) is 32.1 Å². The minimum Gasteiger partial charge on any atom is -0.352 e. The first-order valence-corrected chi connectivity index (χ1v) is 7.70. The molecule has 6 heteroatoms. The second-order valence-corrected chi connectivity index (χ2v) is 5.43. The average Bonchev–Trinajstić information content (AvgIpc) is 2.49. The monoisotopic (exact) mass is 296 g/mol. The molecule has 1 saturated heterocycles. The molecule has 1 N–H and O–H groups in total. The molecular weight excluding hydrogens is 276 g/mol. The van der Waals surface area contributed by atoms with Gasteiger partial charge in [0.25, 0.3) is 0 Å². The molecule has 5 nitrogen and oxygen atoms in total. The third kappa shape index (κ3) is 4.63. The van der Waals surface area contributed by atoms with Gasteiger partial charge in [0.05, 0.1) is 0 Å². The number of aromatic nitrogens is 2. The van der Waals surface area contributed by atoms with Gasteiger partial charge in [-0.3, -0.25) is 4.79 Å². The van der Waals surface area contributed by atoms with Crippen LogP contribution in [0.2, 0.25) is 0 Å². The van der Waals surface area contributed by atoms with Crippen molar-refractivity contribution in [1.29, 1.82) is 0 Å². The van der Waals surface area contributed by atoms with Gasteiger partial charge in [-0.25, -0.2) is 9.97 Å². The Morgan fingerprint density at radius 3 is 2.95 bits per heavy atom. The van der Waals surface area contributed by atoms with Crippen LogP contribution >= 0.6 is 11.6 Å². The number of nitrogens with one attached hydrogen (secondary N) is 1. The summed E-state index contributed by atoms with van der Waals surface area (Å²) in [6.45, 7) is 1.73. The van der Waals surface area contributed by atoms with Gasteiger partial charge in [0, 0.05) is 43.8 Å². The average molecular weight is 297 g/mol. The van der Waals surface area contributed by atoms with Crippen LogP contribution < -0.4 is 10.2 Å². The molecule has 0 aromatic carbocycles. The van der Waals surface area contributed by atoms with E-state index in [0.29, 0.717) is 12.3 Å². The molecule has 1 aliphatic heterocycles. The highest BCUT2D eigenvalue weighted by Crippen LogP contribution is 2.15. The smallest absolute Gasteiger partial charge is 0.225 e. The number of carbonyl (C=O) groups is 1. The molecule has 1 aromatic rings. The van der Waals surface area contributed by atoms with E-state index in [9.17, 15) is 4.79 Å². The lowest BCUT2D eigenvalue weighted by Crippen LogP contribution is -2.48. The van der Waals surface area contributed by atoms with Crippen LogP contribution in [-0.4, -0.2) is 40.9 Å². The van der Waals surface area contributed by atoms with Gasteiger partial charge < -0.3 is 10.2 Å². The van der Waals surface area contributed by atoms with Gasteiger partial charge in [0.1, 0.15) is 0 Å². The number of amides is 1. The Balaban J connectivity index is 1.80. The van der Waals surface area contributed by atoms with Crippen LogP contribution in [0.15, 0.2) is 18.5 Å². The van der Waals surface area contributed by atoms with Crippen molar-refractivity contribution in [3.05, 3.63) is 18.5 Å². The van der Waals surface area contributed by atoms with Crippen molar-refractivity contribution in [3.63, 3.8) is 0 Å². The minimum atomic E-state index is 0.121. The number of unbranched alkanes of at least 4 members (excludes halogenated alkanes) is 1. The Morgan fingerprint density at radius 1 is 1.40 bits per heavy atom. The van der Waals surface area contributed by atoms with E-state index in [0.717, 1.165) is 44.7 Å². The van der Waals surface area contributed by atoms with Crippen molar-refractivity contribution in [2.45, 2.75) is 38.1 Å². The fourth-order valence-corrected chi connectivity index (χ4v) is 2.60. The van der Waals surface area contributed by atoms with Crippen molar-refractivity contribution in [2.24, 2.45) is 0 Å². The molecule has 0 radical (unpaired) electrons. The molecule has 110 valence electrons. The Morgan fingerprint density at radius 2 is 2.20 bits per heavy atom. The topological polar surface area (TPSA) is 58.1 Å². The van der Waals surface area contributed by atoms with E-state index in [1.807, 2.05) is 6.07 Å². The summed E-state index contributed by atoms with van der Waals surface area (Å²) in [5.41, 5.74) is 0. The molecule has 0 spiro atoms. The van der Waals surface area contributed by atoms with Crippen LogP contribution in [0.3, 0.4) is 0 Å². The largest absolute Gasteiger partial charge is 0.352 e. The fourth-order valence-electron chi connectivity index (χ4n) is 2.41. The van der Waals surface area contributed by atoms with E-state index in [1.54, 1.807) is 12.4 Å². The molecule has 1 aliphatic rings. The maximum atomic E-state index is 11.8. The number of hydrogen-bond donors (Lipinski definition) is 1. The second kappa shape index (κ2) is 8.04. The van der Waals surface area contributed by atoms with Gasteiger partial charge in [0.2, 0.25) is 11.9 Å². The molecule has 1 aromatic heterocycles. The van der Waals surface area contributed by atoms with Crippen molar-refractivity contribution >= 4 is 23.5 Å². The molecular formula is C14H21ClN4O. The zero-order chi connectivity index (χ0) is 14.2. The van der Waals surface area contributed by atoms with Crippen molar-refractivity contribution < 1.29 is 4.79 Å². The lowest BCUT2D eigenvalue weighted by molar-refractivity contribution is -0.121. The van der Waals surface area contributed by atoms with Crippen molar-refractivity contribution in [2.75, 3.05) is 23.9 Å². The highest BCUT2D eigenvalue weighted by atomic mass is 35.5. The third-order valence-electron chi connectivity index (χ3n) is 3.41. The molecule has 1 amide bonds. The zero-order valence-electron chi connectivity index (χ0n) is 11.6. The number of anilines is 1. The van der Waals surface area contributed by atoms with Crippen molar-refractivity contribution in [1.82, 2.24) is 15.3 Å². The molecule has 0 saturated carbocycles. The minimum absolute atomic E-state index is 0.121. The standard InChI is InChI=1S/C14H21ClN4O/c15-7-2-1-6-13(20)18-12-5-3-10-19(11-12)14-16-8-4-9-17-14/h4,8-9,12H,1-3,5-7,10-11H2,(H,18,20). The molecule has 2 rings (SSSR count). The molecule has 1 atom stereocenters. The van der Waals surface area contributed by atoms with E-state index in [1.165, 1.54) is 0 Å².